The lowest BCUT2D eigenvalue weighted by Gasteiger charge is -2.12. The average molecular weight is 304 g/mol. The van der Waals surface area contributed by atoms with Gasteiger partial charge in [0.25, 0.3) is 0 Å². The van der Waals surface area contributed by atoms with Gasteiger partial charge in [-0.3, -0.25) is 4.79 Å². The van der Waals surface area contributed by atoms with Crippen molar-refractivity contribution >= 4 is 35.0 Å². The second kappa shape index (κ2) is 8.30. The van der Waals surface area contributed by atoms with Crippen LogP contribution in [0.3, 0.4) is 0 Å². The SMILES string of the molecule is COc1ccc(Cl)cc1NC(=O)CSC(C)CCO. The number of nitrogens with one attached hydrogen (secondary N) is 1. The number of carbonyl (C=O) groups is 1. The van der Waals surface area contributed by atoms with Gasteiger partial charge in [0.2, 0.25) is 5.91 Å². The van der Waals surface area contributed by atoms with Crippen LogP contribution in [0.15, 0.2) is 18.2 Å². The number of halogens is 1. The van der Waals surface area contributed by atoms with Crippen LogP contribution < -0.4 is 10.1 Å². The summed E-state index contributed by atoms with van der Waals surface area (Å²) in [4.78, 5) is 11.8. The molecule has 1 aromatic rings. The van der Waals surface area contributed by atoms with Gasteiger partial charge < -0.3 is 15.2 Å². The van der Waals surface area contributed by atoms with Crippen molar-refractivity contribution in [3.8, 4) is 5.75 Å². The molecule has 0 aliphatic heterocycles. The molecule has 1 amide bonds. The number of rotatable bonds is 7. The van der Waals surface area contributed by atoms with Crippen LogP contribution in [-0.4, -0.2) is 35.7 Å². The van der Waals surface area contributed by atoms with Crippen molar-refractivity contribution in [2.45, 2.75) is 18.6 Å². The highest BCUT2D eigenvalue weighted by molar-refractivity contribution is 8.00. The molecule has 0 aliphatic carbocycles. The number of anilines is 1. The molecule has 6 heteroatoms. The van der Waals surface area contributed by atoms with Crippen molar-refractivity contribution in [3.05, 3.63) is 23.2 Å². The van der Waals surface area contributed by atoms with Gasteiger partial charge in [-0.1, -0.05) is 18.5 Å². The van der Waals surface area contributed by atoms with Crippen LogP contribution in [0.5, 0.6) is 5.75 Å². The van der Waals surface area contributed by atoms with Crippen LogP contribution in [0.25, 0.3) is 0 Å². The van der Waals surface area contributed by atoms with Crippen LogP contribution in [-0.2, 0) is 4.79 Å². The molecule has 1 atom stereocenters. The molecule has 106 valence electrons. The summed E-state index contributed by atoms with van der Waals surface area (Å²) in [5, 5.41) is 12.3. The highest BCUT2D eigenvalue weighted by Gasteiger charge is 2.10. The molecule has 1 aromatic carbocycles. The molecule has 0 saturated carbocycles. The first kappa shape index (κ1) is 16.1. The van der Waals surface area contributed by atoms with E-state index >= 15 is 0 Å². The monoisotopic (exact) mass is 303 g/mol. The van der Waals surface area contributed by atoms with Crippen LogP contribution in [0.4, 0.5) is 5.69 Å². The Bertz CT molecular complexity index is 428. The Hall–Kier alpha value is -0.910. The minimum Gasteiger partial charge on any atom is -0.495 e. The molecule has 4 nitrogen and oxygen atoms in total. The van der Waals surface area contributed by atoms with Crippen molar-refractivity contribution in [1.29, 1.82) is 0 Å². The van der Waals surface area contributed by atoms with E-state index in [1.807, 2.05) is 6.92 Å². The molecule has 2 N–H and O–H groups in total. The van der Waals surface area contributed by atoms with Gasteiger partial charge in [-0.2, -0.15) is 0 Å². The van der Waals surface area contributed by atoms with Crippen LogP contribution >= 0.6 is 23.4 Å². The number of carbonyl (C=O) groups excluding carboxylic acids is 1. The lowest BCUT2D eigenvalue weighted by molar-refractivity contribution is -0.113. The Kier molecular flexibility index (Phi) is 7.05. The Morgan fingerprint density at radius 3 is 2.95 bits per heavy atom. The average Bonchev–Trinajstić information content (AvgIpc) is 2.37. The third-order valence-electron chi connectivity index (χ3n) is 2.47. The number of thioether (sulfide) groups is 1. The van der Waals surface area contributed by atoms with E-state index in [0.29, 0.717) is 28.6 Å². The molecule has 0 aliphatic rings. The maximum Gasteiger partial charge on any atom is 0.234 e. The fourth-order valence-electron chi connectivity index (χ4n) is 1.45. The third kappa shape index (κ3) is 5.72. The molecular weight excluding hydrogens is 286 g/mol. The fraction of sp³-hybridized carbons (Fsp3) is 0.462. The first-order chi connectivity index (χ1) is 9.06. The van der Waals surface area contributed by atoms with E-state index in [9.17, 15) is 4.79 Å². The van der Waals surface area contributed by atoms with E-state index in [1.165, 1.54) is 18.9 Å². The number of aliphatic hydroxyl groups excluding tert-OH is 1. The quantitative estimate of drug-likeness (QED) is 0.813. The topological polar surface area (TPSA) is 58.6 Å². The predicted molar refractivity (Wildman–Crippen MR) is 80.3 cm³/mol. The summed E-state index contributed by atoms with van der Waals surface area (Å²) in [5.41, 5.74) is 0.565. The van der Waals surface area contributed by atoms with E-state index in [4.69, 9.17) is 21.4 Å². The molecule has 0 spiro atoms. The van der Waals surface area contributed by atoms with E-state index in [2.05, 4.69) is 5.32 Å². The number of hydrogen-bond donors (Lipinski definition) is 2. The summed E-state index contributed by atoms with van der Waals surface area (Å²) >= 11 is 7.39. The molecule has 0 aromatic heterocycles. The minimum absolute atomic E-state index is 0.115. The number of aliphatic hydroxyl groups is 1. The highest BCUT2D eigenvalue weighted by atomic mass is 35.5. The van der Waals surface area contributed by atoms with Crippen LogP contribution in [0, 0.1) is 0 Å². The molecule has 0 radical (unpaired) electrons. The highest BCUT2D eigenvalue weighted by Crippen LogP contribution is 2.27. The van der Waals surface area contributed by atoms with Crippen LogP contribution in [0.1, 0.15) is 13.3 Å². The number of benzene rings is 1. The lowest BCUT2D eigenvalue weighted by atomic mass is 10.3. The fourth-order valence-corrected chi connectivity index (χ4v) is 2.40. The van der Waals surface area contributed by atoms with Gasteiger partial charge in [0.05, 0.1) is 18.6 Å². The first-order valence-corrected chi connectivity index (χ1v) is 7.35. The van der Waals surface area contributed by atoms with E-state index < -0.39 is 0 Å². The normalized spacial score (nSPS) is 12.0. The van der Waals surface area contributed by atoms with Crippen molar-refractivity contribution < 1.29 is 14.6 Å². The molecule has 0 bridgehead atoms. The number of amides is 1. The number of hydrogen-bond acceptors (Lipinski definition) is 4. The zero-order valence-corrected chi connectivity index (χ0v) is 12.6. The predicted octanol–water partition coefficient (Wildman–Crippen LogP) is 2.79. The smallest absolute Gasteiger partial charge is 0.234 e. The summed E-state index contributed by atoms with van der Waals surface area (Å²) in [6.45, 7) is 2.12. The number of ether oxygens (including phenoxy) is 1. The summed E-state index contributed by atoms with van der Waals surface area (Å²) < 4.78 is 5.15. The second-order valence-electron chi connectivity index (χ2n) is 4.03. The standard InChI is InChI=1S/C13H18ClNO3S/c1-9(5-6-16)19-8-13(17)15-11-7-10(14)3-4-12(11)18-2/h3-4,7,9,16H,5-6,8H2,1-2H3,(H,15,17). The summed E-state index contributed by atoms with van der Waals surface area (Å²) in [6.07, 6.45) is 0.679. The Morgan fingerprint density at radius 1 is 1.58 bits per heavy atom. The van der Waals surface area contributed by atoms with Gasteiger partial charge in [0, 0.05) is 16.9 Å². The number of methoxy groups -OCH3 is 1. The Labute approximate surface area is 122 Å². The van der Waals surface area contributed by atoms with Gasteiger partial charge in [-0.05, 0) is 24.6 Å². The minimum atomic E-state index is -0.115. The van der Waals surface area contributed by atoms with Crippen molar-refractivity contribution in [1.82, 2.24) is 0 Å². The zero-order valence-electron chi connectivity index (χ0n) is 11.0. The van der Waals surface area contributed by atoms with E-state index in [-0.39, 0.29) is 17.8 Å². The second-order valence-corrected chi connectivity index (χ2v) is 5.89. The molecule has 1 rings (SSSR count). The lowest BCUT2D eigenvalue weighted by Crippen LogP contribution is -2.16. The largest absolute Gasteiger partial charge is 0.495 e. The summed E-state index contributed by atoms with van der Waals surface area (Å²) in [7, 11) is 1.54. The van der Waals surface area contributed by atoms with Crippen molar-refractivity contribution in [2.24, 2.45) is 0 Å². The van der Waals surface area contributed by atoms with Gasteiger partial charge in [-0.15, -0.1) is 11.8 Å². The van der Waals surface area contributed by atoms with E-state index in [1.54, 1.807) is 18.2 Å². The Balaban J connectivity index is 2.54. The van der Waals surface area contributed by atoms with Crippen molar-refractivity contribution in [3.63, 3.8) is 0 Å². The first-order valence-electron chi connectivity index (χ1n) is 5.92. The molecular formula is C13H18ClNO3S. The molecule has 0 fully saturated rings. The van der Waals surface area contributed by atoms with Crippen LogP contribution in [0.2, 0.25) is 5.02 Å². The maximum atomic E-state index is 11.8. The van der Waals surface area contributed by atoms with Gasteiger partial charge in [0.1, 0.15) is 5.75 Å². The third-order valence-corrected chi connectivity index (χ3v) is 3.94. The molecule has 1 unspecified atom stereocenters. The summed E-state index contributed by atoms with van der Waals surface area (Å²) in [6, 6.07) is 5.06. The van der Waals surface area contributed by atoms with E-state index in [0.717, 1.165) is 0 Å². The molecule has 19 heavy (non-hydrogen) atoms. The molecule has 0 saturated heterocycles. The molecule has 0 heterocycles. The zero-order chi connectivity index (χ0) is 14.3. The van der Waals surface area contributed by atoms with Gasteiger partial charge in [0.15, 0.2) is 0 Å². The van der Waals surface area contributed by atoms with Gasteiger partial charge >= 0.3 is 0 Å². The van der Waals surface area contributed by atoms with Gasteiger partial charge in [-0.25, -0.2) is 0 Å². The van der Waals surface area contributed by atoms with Crippen molar-refractivity contribution in [2.75, 3.05) is 24.8 Å². The maximum absolute atomic E-state index is 11.8. The Morgan fingerprint density at radius 2 is 2.32 bits per heavy atom. The summed E-state index contributed by atoms with van der Waals surface area (Å²) in [5.74, 6) is 0.790.